The molecular formula is C9H13ClO2. The highest BCUT2D eigenvalue weighted by Crippen LogP contribution is 1.96. The minimum Gasteiger partial charge on any atom is -0.466 e. The summed E-state index contributed by atoms with van der Waals surface area (Å²) >= 11 is 5.33. The lowest BCUT2D eigenvalue weighted by Crippen LogP contribution is -2.02. The number of esters is 1. The number of carbonyl (C=O) groups is 1. The van der Waals surface area contributed by atoms with Crippen molar-refractivity contribution in [2.75, 3.05) is 12.5 Å². The first kappa shape index (κ1) is 11.3. The molecule has 0 N–H and O–H groups in total. The number of alkyl halides is 1. The van der Waals surface area contributed by atoms with E-state index in [-0.39, 0.29) is 5.97 Å². The van der Waals surface area contributed by atoms with Gasteiger partial charge in [-0.15, -0.1) is 17.5 Å². The second kappa shape index (κ2) is 8.42. The van der Waals surface area contributed by atoms with Crippen molar-refractivity contribution in [1.82, 2.24) is 0 Å². The van der Waals surface area contributed by atoms with Gasteiger partial charge in [-0.25, -0.2) is 0 Å². The fourth-order valence-corrected chi connectivity index (χ4v) is 0.784. The minimum atomic E-state index is -0.148. The van der Waals surface area contributed by atoms with Gasteiger partial charge in [0.2, 0.25) is 0 Å². The molecule has 0 heterocycles. The Morgan fingerprint density at radius 2 is 2.25 bits per heavy atom. The monoisotopic (exact) mass is 188 g/mol. The molecule has 0 aromatic heterocycles. The van der Waals surface area contributed by atoms with Gasteiger partial charge in [-0.1, -0.05) is 5.92 Å². The van der Waals surface area contributed by atoms with Crippen molar-refractivity contribution in [3.05, 3.63) is 0 Å². The van der Waals surface area contributed by atoms with E-state index in [1.54, 1.807) is 6.92 Å². The van der Waals surface area contributed by atoms with E-state index in [4.69, 9.17) is 16.3 Å². The molecule has 0 atom stereocenters. The summed E-state index contributed by atoms with van der Waals surface area (Å²) in [5, 5.41) is 0. The molecule has 0 unspecified atom stereocenters. The molecule has 0 rings (SSSR count). The largest absolute Gasteiger partial charge is 0.466 e. The van der Waals surface area contributed by atoms with Gasteiger partial charge < -0.3 is 4.74 Å². The van der Waals surface area contributed by atoms with Crippen LogP contribution in [0.5, 0.6) is 0 Å². The second-order valence-corrected chi connectivity index (χ2v) is 2.41. The van der Waals surface area contributed by atoms with E-state index in [1.807, 2.05) is 0 Å². The number of rotatable bonds is 4. The van der Waals surface area contributed by atoms with Crippen LogP contribution in [0.2, 0.25) is 0 Å². The summed E-state index contributed by atoms with van der Waals surface area (Å²) in [5.74, 6) is 5.77. The lowest BCUT2D eigenvalue weighted by molar-refractivity contribution is -0.143. The van der Waals surface area contributed by atoms with Gasteiger partial charge in [0.15, 0.2) is 0 Å². The summed E-state index contributed by atoms with van der Waals surface area (Å²) in [6.07, 6.45) is 1.92. The molecule has 0 saturated carbocycles. The van der Waals surface area contributed by atoms with Crippen LogP contribution in [0.1, 0.15) is 26.2 Å². The Balaban J connectivity index is 3.25. The first-order chi connectivity index (χ1) is 5.81. The molecule has 0 fully saturated rings. The van der Waals surface area contributed by atoms with Crippen molar-refractivity contribution in [1.29, 1.82) is 0 Å². The van der Waals surface area contributed by atoms with Crippen LogP contribution in [0, 0.1) is 11.8 Å². The summed E-state index contributed by atoms with van der Waals surface area (Å²) in [5.41, 5.74) is 0. The van der Waals surface area contributed by atoms with E-state index in [0.29, 0.717) is 25.3 Å². The molecule has 0 bridgehead atoms. The Morgan fingerprint density at radius 1 is 1.50 bits per heavy atom. The number of unbranched alkanes of at least 4 members (excludes halogenated alkanes) is 1. The van der Waals surface area contributed by atoms with E-state index in [1.165, 1.54) is 0 Å². The molecule has 0 aliphatic carbocycles. The highest BCUT2D eigenvalue weighted by Gasteiger charge is 1.98. The molecule has 0 aliphatic rings. The van der Waals surface area contributed by atoms with E-state index in [0.717, 1.165) is 6.42 Å². The fraction of sp³-hybridized carbons (Fsp3) is 0.667. The van der Waals surface area contributed by atoms with Crippen LogP contribution < -0.4 is 0 Å². The molecule has 3 heteroatoms. The topological polar surface area (TPSA) is 26.3 Å². The summed E-state index contributed by atoms with van der Waals surface area (Å²) in [6.45, 7) is 2.25. The van der Waals surface area contributed by atoms with Crippen molar-refractivity contribution in [2.24, 2.45) is 0 Å². The second-order valence-electron chi connectivity index (χ2n) is 2.15. The third-order valence-corrected chi connectivity index (χ3v) is 1.31. The van der Waals surface area contributed by atoms with Crippen molar-refractivity contribution in [3.63, 3.8) is 0 Å². The van der Waals surface area contributed by atoms with E-state index >= 15 is 0 Å². The lowest BCUT2D eigenvalue weighted by atomic mass is 10.2. The van der Waals surface area contributed by atoms with E-state index in [2.05, 4.69) is 11.8 Å². The van der Waals surface area contributed by atoms with Crippen LogP contribution in [0.25, 0.3) is 0 Å². The Morgan fingerprint density at radius 3 is 2.83 bits per heavy atom. The number of hydrogen-bond donors (Lipinski definition) is 0. The molecule has 0 radical (unpaired) electrons. The molecule has 0 aromatic carbocycles. The number of carbonyl (C=O) groups excluding carboxylic acids is 1. The first-order valence-electron chi connectivity index (χ1n) is 3.98. The highest BCUT2D eigenvalue weighted by atomic mass is 35.5. The lowest BCUT2D eigenvalue weighted by Gasteiger charge is -1.98. The molecule has 0 aromatic rings. The van der Waals surface area contributed by atoms with Crippen LogP contribution in [-0.4, -0.2) is 18.5 Å². The van der Waals surface area contributed by atoms with Gasteiger partial charge in [0.25, 0.3) is 0 Å². The van der Waals surface area contributed by atoms with Crippen molar-refractivity contribution < 1.29 is 9.53 Å². The molecule has 2 nitrogen and oxygen atoms in total. The number of hydrogen-bond acceptors (Lipinski definition) is 2. The first-order valence-corrected chi connectivity index (χ1v) is 4.52. The van der Waals surface area contributed by atoms with Gasteiger partial charge in [-0.2, -0.15) is 0 Å². The average molecular weight is 189 g/mol. The van der Waals surface area contributed by atoms with Gasteiger partial charge in [-0.05, 0) is 13.3 Å². The van der Waals surface area contributed by atoms with Crippen LogP contribution in [0.15, 0.2) is 0 Å². The molecule has 0 spiro atoms. The predicted octanol–water partition coefficient (Wildman–Crippen LogP) is 1.96. The smallest absolute Gasteiger partial charge is 0.305 e. The van der Waals surface area contributed by atoms with Crippen LogP contribution in [0.3, 0.4) is 0 Å². The summed E-state index contributed by atoms with van der Waals surface area (Å²) in [7, 11) is 0. The Hall–Kier alpha value is -0.680. The SMILES string of the molecule is CCOC(=O)CCCC#CCCl. The molecule has 0 aliphatic heterocycles. The zero-order chi connectivity index (χ0) is 9.23. The average Bonchev–Trinajstić information content (AvgIpc) is 2.05. The van der Waals surface area contributed by atoms with Gasteiger partial charge in [0, 0.05) is 12.8 Å². The van der Waals surface area contributed by atoms with Crippen molar-refractivity contribution in [2.45, 2.75) is 26.2 Å². The van der Waals surface area contributed by atoms with E-state index < -0.39 is 0 Å². The van der Waals surface area contributed by atoms with Gasteiger partial charge in [0.1, 0.15) is 0 Å². The molecular weight excluding hydrogens is 176 g/mol. The number of ether oxygens (including phenoxy) is 1. The molecule has 0 saturated heterocycles. The van der Waals surface area contributed by atoms with E-state index in [9.17, 15) is 4.79 Å². The molecule has 12 heavy (non-hydrogen) atoms. The summed E-state index contributed by atoms with van der Waals surface area (Å²) < 4.78 is 4.74. The maximum absolute atomic E-state index is 10.8. The quantitative estimate of drug-likeness (QED) is 0.292. The summed E-state index contributed by atoms with van der Waals surface area (Å²) in [6, 6.07) is 0. The van der Waals surface area contributed by atoms with Gasteiger partial charge >= 0.3 is 5.97 Å². The van der Waals surface area contributed by atoms with Gasteiger partial charge in [0.05, 0.1) is 12.5 Å². The zero-order valence-corrected chi connectivity index (χ0v) is 7.99. The normalized spacial score (nSPS) is 8.50. The van der Waals surface area contributed by atoms with Crippen LogP contribution >= 0.6 is 11.6 Å². The molecule has 0 amide bonds. The predicted molar refractivity (Wildman–Crippen MR) is 49.0 cm³/mol. The summed E-state index contributed by atoms with van der Waals surface area (Å²) in [4.78, 5) is 10.8. The third kappa shape index (κ3) is 7.43. The van der Waals surface area contributed by atoms with Gasteiger partial charge in [-0.3, -0.25) is 4.79 Å². The van der Waals surface area contributed by atoms with Crippen molar-refractivity contribution in [3.8, 4) is 11.8 Å². The van der Waals surface area contributed by atoms with Crippen LogP contribution in [0.4, 0.5) is 0 Å². The maximum Gasteiger partial charge on any atom is 0.305 e. The molecule has 68 valence electrons. The third-order valence-electron chi connectivity index (χ3n) is 1.18. The maximum atomic E-state index is 10.8. The zero-order valence-electron chi connectivity index (χ0n) is 7.23. The van der Waals surface area contributed by atoms with Crippen molar-refractivity contribution >= 4 is 17.6 Å². The Labute approximate surface area is 78.2 Å². The van der Waals surface area contributed by atoms with Crippen LogP contribution in [-0.2, 0) is 9.53 Å². The standard InChI is InChI=1S/C9H13ClO2/c1-2-12-9(11)7-5-3-4-6-8-10/h2-3,5,7-8H2,1H3. The minimum absolute atomic E-state index is 0.148. The fourth-order valence-electron chi connectivity index (χ4n) is 0.690. The Kier molecular flexibility index (Phi) is 7.94. The number of halogens is 1. The highest BCUT2D eigenvalue weighted by molar-refractivity contribution is 6.19. The Bertz CT molecular complexity index is 179.